The molecule has 4 heterocycles. The van der Waals surface area contributed by atoms with E-state index in [1.165, 1.54) is 0 Å². The maximum Gasteiger partial charge on any atom is 0.273 e. The average Bonchev–Trinajstić information content (AvgIpc) is 3.71. The minimum atomic E-state index is -0.329. The molecule has 15 heteroatoms. The number of phenols is 1. The van der Waals surface area contributed by atoms with Gasteiger partial charge in [0.1, 0.15) is 17.1 Å². The number of thiazole rings is 1. The first-order chi connectivity index (χ1) is 27.6. The number of aromatic hydroxyl groups is 1. The number of nitrogens with zero attached hydrogens (tertiary/aromatic N) is 4. The Bertz CT molecular complexity index is 1850. The topological polar surface area (TPSA) is 146 Å². The molecule has 3 aliphatic heterocycles. The zero-order chi connectivity index (χ0) is 40.4. The minimum Gasteiger partial charge on any atom is -0.506 e. The zero-order valence-electron chi connectivity index (χ0n) is 33.4. The molecule has 0 saturated carbocycles. The van der Waals surface area contributed by atoms with Crippen LogP contribution in [0.4, 0.5) is 5.69 Å². The predicted octanol–water partition coefficient (Wildman–Crippen LogP) is 5.48. The number of hydrogen-bond donors (Lipinski definition) is 3. The van der Waals surface area contributed by atoms with Crippen LogP contribution in [0.5, 0.6) is 11.5 Å². The van der Waals surface area contributed by atoms with E-state index >= 15 is 0 Å². The maximum absolute atomic E-state index is 13.3. The molecule has 0 atom stereocenters. The summed E-state index contributed by atoms with van der Waals surface area (Å²) in [5, 5.41) is 19.8. The molecule has 3 amide bonds. The Kier molecular flexibility index (Phi) is 15.2. The van der Waals surface area contributed by atoms with Gasteiger partial charge in [0, 0.05) is 62.1 Å². The largest absolute Gasteiger partial charge is 0.506 e. The number of phenolic OH excluding ortho intramolecular Hbond substituents is 1. The third-order valence-corrected chi connectivity index (χ3v) is 12.5. The van der Waals surface area contributed by atoms with E-state index in [9.17, 15) is 19.5 Å². The van der Waals surface area contributed by atoms with Crippen molar-refractivity contribution in [3.8, 4) is 11.5 Å². The number of fused-ring (bicyclic) bond motifs is 1. The average molecular weight is 825 g/mol. The summed E-state index contributed by atoms with van der Waals surface area (Å²) in [6, 6.07) is 9.53. The van der Waals surface area contributed by atoms with E-state index in [4.69, 9.17) is 25.8 Å². The standard InChI is InChI=1S/C42H57ClN6O7S/c1-4-17-48(20-16-44-15-10-31-8-9-34(50)38-39(31)55-26-35(51)46-38)36(52)12-23-54-22-11-30-6-5-7-32(37(30)43)25-47-18-13-42(14-19-47)28-49(21-24-56-42)41(53)33-27-57-40(45-33)29(2)3/h5-9,27,29,44,50H,4,10-26,28H2,1-3H3,(H,46,51). The number of likely N-dealkylation sites (tertiary alicyclic amines) is 1. The van der Waals surface area contributed by atoms with E-state index in [0.717, 1.165) is 65.6 Å². The van der Waals surface area contributed by atoms with Gasteiger partial charge in [-0.15, -0.1) is 11.3 Å². The van der Waals surface area contributed by atoms with Crippen LogP contribution in [0.15, 0.2) is 35.7 Å². The number of carbonyl (C=O) groups is 3. The molecule has 0 radical (unpaired) electrons. The summed E-state index contributed by atoms with van der Waals surface area (Å²) >= 11 is 8.49. The van der Waals surface area contributed by atoms with Gasteiger partial charge in [-0.25, -0.2) is 4.98 Å². The highest BCUT2D eigenvalue weighted by Gasteiger charge is 2.41. The van der Waals surface area contributed by atoms with Crippen molar-refractivity contribution in [2.45, 2.75) is 77.4 Å². The van der Waals surface area contributed by atoms with Gasteiger partial charge in [0.15, 0.2) is 12.4 Å². The number of amides is 3. The Morgan fingerprint density at radius 2 is 1.89 bits per heavy atom. The number of nitrogens with one attached hydrogen (secondary N) is 2. The molecule has 0 unspecified atom stereocenters. The fraction of sp³-hybridized carbons (Fsp3) is 0.571. The molecule has 1 spiro atoms. The van der Waals surface area contributed by atoms with Crippen molar-refractivity contribution < 1.29 is 33.7 Å². The highest BCUT2D eigenvalue weighted by molar-refractivity contribution is 7.09. The summed E-state index contributed by atoms with van der Waals surface area (Å²) in [6.45, 7) is 13.7. The van der Waals surface area contributed by atoms with Crippen molar-refractivity contribution in [1.82, 2.24) is 25.0 Å². The van der Waals surface area contributed by atoms with Crippen LogP contribution in [-0.4, -0.2) is 127 Å². The fourth-order valence-corrected chi connectivity index (χ4v) is 8.74. The van der Waals surface area contributed by atoms with E-state index in [-0.39, 0.29) is 35.7 Å². The predicted molar refractivity (Wildman–Crippen MR) is 222 cm³/mol. The molecule has 2 fully saturated rings. The number of anilines is 1. The number of benzene rings is 2. The SMILES string of the molecule is CCCN(CCNCCc1ccc(O)c2c1OCC(=O)N2)C(=O)CCOCCc1cccc(CN2CCC3(CC2)CN(C(=O)c2csc(C(C)C)n2)CCO3)c1Cl. The minimum absolute atomic E-state index is 0.000895. The number of carbonyl (C=O) groups excluding carboxylic acids is 3. The summed E-state index contributed by atoms with van der Waals surface area (Å²) in [4.78, 5) is 48.9. The highest BCUT2D eigenvalue weighted by Crippen LogP contribution is 2.39. The van der Waals surface area contributed by atoms with Crippen molar-refractivity contribution in [2.75, 3.05) is 84.1 Å². The lowest BCUT2D eigenvalue weighted by atomic mass is 9.89. The van der Waals surface area contributed by atoms with Crippen molar-refractivity contribution in [2.24, 2.45) is 0 Å². The highest BCUT2D eigenvalue weighted by atomic mass is 35.5. The summed E-state index contributed by atoms with van der Waals surface area (Å²) in [5.74, 6) is 0.568. The van der Waals surface area contributed by atoms with Crippen LogP contribution in [0.1, 0.15) is 84.6 Å². The van der Waals surface area contributed by atoms with E-state index in [1.807, 2.05) is 27.3 Å². The van der Waals surface area contributed by atoms with E-state index < -0.39 is 0 Å². The van der Waals surface area contributed by atoms with Crippen LogP contribution in [-0.2, 0) is 38.4 Å². The molecule has 0 bridgehead atoms. The lowest BCUT2D eigenvalue weighted by Gasteiger charge is -2.47. The normalized spacial score (nSPS) is 16.7. The van der Waals surface area contributed by atoms with Gasteiger partial charge in [0.25, 0.3) is 11.8 Å². The number of aromatic nitrogens is 1. The monoisotopic (exact) mass is 824 g/mol. The van der Waals surface area contributed by atoms with Crippen LogP contribution in [0.2, 0.25) is 5.02 Å². The molecule has 1 aromatic heterocycles. The van der Waals surface area contributed by atoms with Crippen molar-refractivity contribution >= 4 is 46.3 Å². The Morgan fingerprint density at radius 1 is 1.09 bits per heavy atom. The number of hydrogen-bond acceptors (Lipinski definition) is 11. The fourth-order valence-electron chi connectivity index (χ4n) is 7.65. The Morgan fingerprint density at radius 3 is 2.67 bits per heavy atom. The number of halogens is 1. The van der Waals surface area contributed by atoms with Crippen molar-refractivity contribution in [1.29, 1.82) is 0 Å². The van der Waals surface area contributed by atoms with Gasteiger partial charge in [0.05, 0.1) is 43.4 Å². The number of morpholine rings is 1. The molecule has 57 heavy (non-hydrogen) atoms. The molecular formula is C42H57ClN6O7S. The second-order valence-electron chi connectivity index (χ2n) is 15.4. The van der Waals surface area contributed by atoms with E-state index in [1.54, 1.807) is 23.5 Å². The van der Waals surface area contributed by atoms with Gasteiger partial charge in [-0.05, 0) is 61.4 Å². The molecule has 6 rings (SSSR count). The molecule has 13 nitrogen and oxygen atoms in total. The number of piperidine rings is 1. The summed E-state index contributed by atoms with van der Waals surface area (Å²) in [6.07, 6.45) is 4.18. The van der Waals surface area contributed by atoms with E-state index in [0.29, 0.717) is 101 Å². The summed E-state index contributed by atoms with van der Waals surface area (Å²) < 4.78 is 17.9. The van der Waals surface area contributed by atoms with Crippen LogP contribution in [0.25, 0.3) is 0 Å². The van der Waals surface area contributed by atoms with Crippen LogP contribution < -0.4 is 15.4 Å². The summed E-state index contributed by atoms with van der Waals surface area (Å²) in [5.41, 5.74) is 3.54. The van der Waals surface area contributed by atoms with E-state index in [2.05, 4.69) is 47.4 Å². The summed E-state index contributed by atoms with van der Waals surface area (Å²) in [7, 11) is 0. The number of ether oxygens (including phenoxy) is 3. The van der Waals surface area contributed by atoms with Gasteiger partial charge < -0.3 is 39.8 Å². The third-order valence-electron chi connectivity index (χ3n) is 10.9. The van der Waals surface area contributed by atoms with Gasteiger partial charge >= 0.3 is 0 Å². The molecule has 3 N–H and O–H groups in total. The third kappa shape index (κ3) is 11.2. The molecule has 2 saturated heterocycles. The molecule has 3 aliphatic rings. The van der Waals surface area contributed by atoms with Crippen LogP contribution in [0, 0.1) is 0 Å². The number of rotatable bonds is 18. The van der Waals surface area contributed by atoms with Crippen LogP contribution >= 0.6 is 22.9 Å². The smallest absolute Gasteiger partial charge is 0.273 e. The molecule has 310 valence electrons. The Hall–Kier alpha value is -3.79. The quantitative estimate of drug-likeness (QED) is 0.111. The Balaban J connectivity index is 0.884. The maximum atomic E-state index is 13.3. The Labute approximate surface area is 345 Å². The molecule has 3 aromatic rings. The lowest BCUT2D eigenvalue weighted by Crippen LogP contribution is -2.58. The zero-order valence-corrected chi connectivity index (χ0v) is 35.0. The van der Waals surface area contributed by atoms with Gasteiger partial charge in [-0.3, -0.25) is 19.3 Å². The van der Waals surface area contributed by atoms with Gasteiger partial charge in [-0.2, -0.15) is 0 Å². The molecule has 0 aliphatic carbocycles. The van der Waals surface area contributed by atoms with Gasteiger partial charge in [-0.1, -0.05) is 56.6 Å². The molecular weight excluding hydrogens is 768 g/mol. The first kappa shape index (κ1) is 42.8. The first-order valence-corrected chi connectivity index (χ1v) is 21.5. The van der Waals surface area contributed by atoms with Crippen molar-refractivity contribution in [3.63, 3.8) is 0 Å². The second kappa shape index (κ2) is 20.3. The van der Waals surface area contributed by atoms with Crippen LogP contribution in [0.3, 0.4) is 0 Å². The lowest BCUT2D eigenvalue weighted by molar-refractivity contribution is -0.132. The molecule has 2 aromatic carbocycles. The first-order valence-electron chi connectivity index (χ1n) is 20.3. The van der Waals surface area contributed by atoms with Gasteiger partial charge in [0.2, 0.25) is 5.91 Å². The van der Waals surface area contributed by atoms with Crippen molar-refractivity contribution in [3.05, 3.63) is 68.1 Å². The second-order valence-corrected chi connectivity index (χ2v) is 16.7.